The molecule has 1 atom stereocenters. The summed E-state index contributed by atoms with van der Waals surface area (Å²) in [4.78, 5) is 19.2. The van der Waals surface area contributed by atoms with Crippen LogP contribution in [0, 0.1) is 0 Å². The molecule has 204 valence electrons. The minimum atomic E-state index is -0.254. The number of nitrogens with zero attached hydrogens (tertiary/aromatic N) is 5. The second-order valence-electron chi connectivity index (χ2n) is 11.3. The summed E-state index contributed by atoms with van der Waals surface area (Å²) in [5.74, 6) is 0. The number of hydrogen-bond donors (Lipinski definition) is 1. The average molecular weight is 519 g/mol. The van der Waals surface area contributed by atoms with Crippen LogP contribution in [0.2, 0.25) is 0 Å². The highest BCUT2D eigenvalue weighted by Gasteiger charge is 2.38. The van der Waals surface area contributed by atoms with Gasteiger partial charge in [0.25, 0.3) is 0 Å². The van der Waals surface area contributed by atoms with Gasteiger partial charge in [-0.25, -0.2) is 9.31 Å². The maximum Gasteiger partial charge on any atom is 0.317 e. The van der Waals surface area contributed by atoms with Crippen molar-refractivity contribution < 1.29 is 9.53 Å². The zero-order valence-corrected chi connectivity index (χ0v) is 23.5. The van der Waals surface area contributed by atoms with Gasteiger partial charge < -0.3 is 19.9 Å². The minimum Gasteiger partial charge on any atom is -0.372 e. The molecule has 1 N–H and O–H groups in total. The molecule has 0 spiro atoms. The molecule has 8 heteroatoms. The quantitative estimate of drug-likeness (QED) is 0.517. The summed E-state index contributed by atoms with van der Waals surface area (Å²) in [6.07, 6.45) is 6.15. The molecule has 4 heterocycles. The Bertz CT molecular complexity index is 1250. The van der Waals surface area contributed by atoms with Crippen LogP contribution in [0.3, 0.4) is 0 Å². The minimum absolute atomic E-state index is 0.0216. The number of piperidine rings is 1. The largest absolute Gasteiger partial charge is 0.372 e. The van der Waals surface area contributed by atoms with Gasteiger partial charge in [0.1, 0.15) is 5.60 Å². The third kappa shape index (κ3) is 5.24. The number of likely N-dealkylation sites (tertiary alicyclic amines) is 1. The second-order valence-corrected chi connectivity index (χ2v) is 11.3. The number of carbonyl (C=O) groups excluding carboxylic acids is 1. The molecule has 0 saturated carbocycles. The first-order valence-electron chi connectivity index (χ1n) is 14.0. The van der Waals surface area contributed by atoms with Gasteiger partial charge in [0.15, 0.2) is 0 Å². The topological polar surface area (TPSA) is 65.3 Å². The number of urea groups is 1. The molecule has 1 aromatic carbocycles. The second kappa shape index (κ2) is 10.9. The summed E-state index contributed by atoms with van der Waals surface area (Å²) in [5.41, 5.74) is 5.54. The molecule has 0 unspecified atom stereocenters. The average Bonchev–Trinajstić information content (AvgIpc) is 3.37. The Morgan fingerprint density at radius 2 is 1.74 bits per heavy atom. The zero-order chi connectivity index (χ0) is 26.9. The Balaban J connectivity index is 1.34. The van der Waals surface area contributed by atoms with Crippen molar-refractivity contribution in [2.75, 3.05) is 51.3 Å². The first kappa shape index (κ1) is 26.5. The molecule has 0 aliphatic carbocycles. The van der Waals surface area contributed by atoms with Gasteiger partial charge >= 0.3 is 6.03 Å². The van der Waals surface area contributed by atoms with Crippen LogP contribution >= 0.6 is 0 Å². The first-order chi connectivity index (χ1) is 18.3. The van der Waals surface area contributed by atoms with Crippen LogP contribution in [0.15, 0.2) is 48.8 Å². The van der Waals surface area contributed by atoms with Crippen molar-refractivity contribution in [3.8, 4) is 11.1 Å². The number of carbonyl (C=O) groups is 1. The Morgan fingerprint density at radius 3 is 2.39 bits per heavy atom. The number of ether oxygens (including phenoxy) is 1. The molecule has 2 aromatic heterocycles. The Hall–Kier alpha value is -3.10. The van der Waals surface area contributed by atoms with Crippen molar-refractivity contribution in [2.45, 2.75) is 58.2 Å². The van der Waals surface area contributed by atoms with Gasteiger partial charge in [0, 0.05) is 69.9 Å². The predicted molar refractivity (Wildman–Crippen MR) is 153 cm³/mol. The molecule has 2 aliphatic rings. The van der Waals surface area contributed by atoms with Crippen LogP contribution in [0.25, 0.3) is 16.6 Å². The molecule has 2 aliphatic heterocycles. The Labute approximate surface area is 226 Å². The molecule has 8 nitrogen and oxygen atoms in total. The molecule has 0 radical (unpaired) electrons. The van der Waals surface area contributed by atoms with E-state index in [1.165, 1.54) is 11.1 Å². The van der Waals surface area contributed by atoms with E-state index in [2.05, 4.69) is 76.7 Å². The van der Waals surface area contributed by atoms with E-state index >= 15 is 0 Å². The number of rotatable bonds is 6. The fourth-order valence-electron chi connectivity index (χ4n) is 5.90. The number of amides is 2. The lowest BCUT2D eigenvalue weighted by atomic mass is 9.84. The number of hydrogen-bond acceptors (Lipinski definition) is 5. The van der Waals surface area contributed by atoms with Crippen molar-refractivity contribution in [3.63, 3.8) is 0 Å². The van der Waals surface area contributed by atoms with Gasteiger partial charge in [-0.15, -0.1) is 0 Å². The number of nitrogens with one attached hydrogen (secondary N) is 1. The lowest BCUT2D eigenvalue weighted by Crippen LogP contribution is -2.53. The van der Waals surface area contributed by atoms with Gasteiger partial charge in [-0.1, -0.05) is 24.3 Å². The number of piperazine rings is 1. The van der Waals surface area contributed by atoms with Crippen LogP contribution in [0.4, 0.5) is 10.5 Å². The molecule has 2 saturated heterocycles. The number of benzene rings is 1. The lowest BCUT2D eigenvalue weighted by Gasteiger charge is -2.44. The van der Waals surface area contributed by atoms with E-state index in [-0.39, 0.29) is 17.7 Å². The standard InChI is InChI=1S/C30H42N6O2/c1-22(2)32-29(37)34-17-15-33(16-18-34)27-11-13-31-36-20-25(19-28(27)36)24-7-9-26(10-8-24)30(38-5)12-6-14-35(21-30)23(3)4/h7-11,13,19-20,22-23H,6,12,14-18,21H2,1-5H3,(H,32,37)/t30-/m1/s1. The lowest BCUT2D eigenvalue weighted by molar-refractivity contribution is -0.0767. The molecule has 5 rings (SSSR count). The highest BCUT2D eigenvalue weighted by molar-refractivity contribution is 5.80. The first-order valence-corrected chi connectivity index (χ1v) is 14.0. The Morgan fingerprint density at radius 1 is 1.00 bits per heavy atom. The third-order valence-corrected chi connectivity index (χ3v) is 8.16. The summed E-state index contributed by atoms with van der Waals surface area (Å²) >= 11 is 0. The SMILES string of the molecule is CO[C@]1(c2ccc(-c3cc4c(N5CCN(C(=O)NC(C)C)CC5)ccnn4c3)cc2)CCCN(C(C)C)C1. The van der Waals surface area contributed by atoms with Gasteiger partial charge in [0.2, 0.25) is 0 Å². The molecule has 2 fully saturated rings. The van der Waals surface area contributed by atoms with E-state index in [9.17, 15) is 4.79 Å². The van der Waals surface area contributed by atoms with E-state index in [1.807, 2.05) is 36.6 Å². The van der Waals surface area contributed by atoms with Crippen LogP contribution in [-0.2, 0) is 10.3 Å². The maximum absolute atomic E-state index is 12.4. The molecule has 38 heavy (non-hydrogen) atoms. The highest BCUT2D eigenvalue weighted by Crippen LogP contribution is 2.37. The van der Waals surface area contributed by atoms with E-state index in [0.29, 0.717) is 19.1 Å². The van der Waals surface area contributed by atoms with Crippen molar-refractivity contribution >= 4 is 17.2 Å². The van der Waals surface area contributed by atoms with E-state index < -0.39 is 0 Å². The van der Waals surface area contributed by atoms with Crippen LogP contribution in [0.5, 0.6) is 0 Å². The normalized spacial score (nSPS) is 21.0. The predicted octanol–water partition coefficient (Wildman–Crippen LogP) is 4.59. The summed E-state index contributed by atoms with van der Waals surface area (Å²) in [5, 5.41) is 7.59. The molecular weight excluding hydrogens is 476 g/mol. The van der Waals surface area contributed by atoms with Crippen LogP contribution in [-0.4, -0.2) is 83.9 Å². The summed E-state index contributed by atoms with van der Waals surface area (Å²) in [7, 11) is 1.85. The van der Waals surface area contributed by atoms with E-state index in [4.69, 9.17) is 4.74 Å². The van der Waals surface area contributed by atoms with E-state index in [1.54, 1.807) is 0 Å². The molecule has 2 amide bonds. The maximum atomic E-state index is 12.4. The monoisotopic (exact) mass is 518 g/mol. The fourth-order valence-corrected chi connectivity index (χ4v) is 5.90. The van der Waals surface area contributed by atoms with Gasteiger partial charge in [-0.05, 0) is 70.3 Å². The van der Waals surface area contributed by atoms with Gasteiger partial charge in [-0.2, -0.15) is 5.10 Å². The van der Waals surface area contributed by atoms with Crippen LogP contribution < -0.4 is 10.2 Å². The fraction of sp³-hybridized carbons (Fsp3) is 0.533. The summed E-state index contributed by atoms with van der Waals surface area (Å²) in [6.45, 7) is 13.6. The number of anilines is 1. The number of methoxy groups -OCH3 is 1. The van der Waals surface area contributed by atoms with Crippen molar-refractivity contribution in [1.82, 2.24) is 24.7 Å². The number of fused-ring (bicyclic) bond motifs is 1. The smallest absolute Gasteiger partial charge is 0.317 e. The summed E-state index contributed by atoms with van der Waals surface area (Å²) < 4.78 is 8.14. The van der Waals surface area contributed by atoms with Crippen molar-refractivity contribution in [2.24, 2.45) is 0 Å². The van der Waals surface area contributed by atoms with Crippen LogP contribution in [0.1, 0.15) is 46.1 Å². The Kier molecular flexibility index (Phi) is 7.63. The van der Waals surface area contributed by atoms with E-state index in [0.717, 1.165) is 55.8 Å². The third-order valence-electron chi connectivity index (χ3n) is 8.16. The molecular formula is C30H42N6O2. The highest BCUT2D eigenvalue weighted by atomic mass is 16.5. The summed E-state index contributed by atoms with van der Waals surface area (Å²) in [6, 6.07) is 13.9. The van der Waals surface area contributed by atoms with Gasteiger partial charge in [-0.3, -0.25) is 4.90 Å². The van der Waals surface area contributed by atoms with Crippen molar-refractivity contribution in [3.05, 3.63) is 54.4 Å². The van der Waals surface area contributed by atoms with Gasteiger partial charge in [0.05, 0.1) is 11.2 Å². The number of aromatic nitrogens is 2. The van der Waals surface area contributed by atoms with Crippen molar-refractivity contribution in [1.29, 1.82) is 0 Å². The molecule has 0 bridgehead atoms. The molecule has 3 aromatic rings. The zero-order valence-electron chi connectivity index (χ0n) is 23.5.